The minimum Gasteiger partial charge on any atom is -0.341 e. The summed E-state index contributed by atoms with van der Waals surface area (Å²) in [5.41, 5.74) is 0.411. The van der Waals surface area contributed by atoms with Crippen molar-refractivity contribution in [3.8, 4) is 11.8 Å². The lowest BCUT2D eigenvalue weighted by atomic mass is 10.2. The third-order valence-corrected chi connectivity index (χ3v) is 2.69. The summed E-state index contributed by atoms with van der Waals surface area (Å²) in [5.74, 6) is 5.22. The Bertz CT molecular complexity index is 741. The molecule has 0 aliphatic heterocycles. The highest BCUT2D eigenvalue weighted by Crippen LogP contribution is 2.09. The van der Waals surface area contributed by atoms with E-state index in [0.717, 1.165) is 5.56 Å². The van der Waals surface area contributed by atoms with Crippen LogP contribution >= 0.6 is 11.6 Å². The van der Waals surface area contributed by atoms with Crippen molar-refractivity contribution in [2.24, 2.45) is 0 Å². The minimum atomic E-state index is -0.452. The second kappa shape index (κ2) is 6.60. The van der Waals surface area contributed by atoms with E-state index in [1.54, 1.807) is 24.3 Å². The van der Waals surface area contributed by atoms with E-state index in [4.69, 9.17) is 11.6 Å². The van der Waals surface area contributed by atoms with Crippen LogP contribution in [-0.4, -0.2) is 17.4 Å². The molecule has 20 heavy (non-hydrogen) atoms. The fourth-order valence-corrected chi connectivity index (χ4v) is 1.72. The SMILES string of the molecule is O=C(NCC#Cc1cccc(Cl)c1)c1ccc[nH]c1=O. The molecule has 0 fully saturated rings. The first-order chi connectivity index (χ1) is 9.66. The number of halogens is 1. The van der Waals surface area contributed by atoms with Crippen molar-refractivity contribution in [3.63, 3.8) is 0 Å². The smallest absolute Gasteiger partial charge is 0.260 e. The highest BCUT2D eigenvalue weighted by molar-refractivity contribution is 6.30. The number of rotatable bonds is 2. The fraction of sp³-hybridized carbons (Fsp3) is 0.0667. The van der Waals surface area contributed by atoms with E-state index in [-0.39, 0.29) is 12.1 Å². The molecule has 1 heterocycles. The molecule has 0 atom stereocenters. The van der Waals surface area contributed by atoms with E-state index in [1.165, 1.54) is 12.3 Å². The van der Waals surface area contributed by atoms with Crippen molar-refractivity contribution in [1.82, 2.24) is 10.3 Å². The van der Waals surface area contributed by atoms with Crippen molar-refractivity contribution in [2.75, 3.05) is 6.54 Å². The molecule has 0 saturated carbocycles. The predicted octanol–water partition coefficient (Wildman–Crippen LogP) is 1.81. The van der Waals surface area contributed by atoms with Gasteiger partial charge in [-0.25, -0.2) is 0 Å². The monoisotopic (exact) mass is 286 g/mol. The number of benzene rings is 1. The van der Waals surface area contributed by atoms with E-state index < -0.39 is 11.5 Å². The Balaban J connectivity index is 1.96. The number of carbonyl (C=O) groups excluding carboxylic acids is 1. The fourth-order valence-electron chi connectivity index (χ4n) is 1.53. The highest BCUT2D eigenvalue weighted by atomic mass is 35.5. The zero-order valence-electron chi connectivity index (χ0n) is 10.4. The van der Waals surface area contributed by atoms with Gasteiger partial charge in [0.25, 0.3) is 11.5 Å². The van der Waals surface area contributed by atoms with Gasteiger partial charge in [-0.05, 0) is 30.3 Å². The molecule has 2 aromatic rings. The molecule has 0 unspecified atom stereocenters. The molecule has 0 radical (unpaired) electrons. The van der Waals surface area contributed by atoms with Gasteiger partial charge in [-0.1, -0.05) is 29.5 Å². The van der Waals surface area contributed by atoms with Crippen LogP contribution in [0.3, 0.4) is 0 Å². The first-order valence-electron chi connectivity index (χ1n) is 5.87. The first kappa shape index (κ1) is 13.9. The topological polar surface area (TPSA) is 62.0 Å². The molecule has 4 nitrogen and oxygen atoms in total. The standard InChI is InChI=1S/C15H11ClN2O2/c16-12-6-1-4-11(10-12)5-2-8-17-14(19)13-7-3-9-18-15(13)20/h1,3-4,6-7,9-10H,8H2,(H,17,19)(H,18,20). The van der Waals surface area contributed by atoms with Gasteiger partial charge in [0.1, 0.15) is 5.56 Å². The summed E-state index contributed by atoms with van der Waals surface area (Å²) in [4.78, 5) is 25.5. The molecule has 1 aromatic heterocycles. The van der Waals surface area contributed by atoms with E-state index in [0.29, 0.717) is 5.02 Å². The lowest BCUT2D eigenvalue weighted by Crippen LogP contribution is -2.29. The summed E-state index contributed by atoms with van der Waals surface area (Å²) in [6, 6.07) is 10.2. The molecule has 2 rings (SSSR count). The maximum Gasteiger partial charge on any atom is 0.260 e. The van der Waals surface area contributed by atoms with Gasteiger partial charge in [-0.3, -0.25) is 9.59 Å². The van der Waals surface area contributed by atoms with Gasteiger partial charge < -0.3 is 10.3 Å². The van der Waals surface area contributed by atoms with Gasteiger partial charge in [-0.15, -0.1) is 0 Å². The summed E-state index contributed by atoms with van der Waals surface area (Å²) in [5, 5.41) is 3.17. The highest BCUT2D eigenvalue weighted by Gasteiger charge is 2.07. The number of hydrogen-bond acceptors (Lipinski definition) is 2. The van der Waals surface area contributed by atoms with Crippen molar-refractivity contribution in [2.45, 2.75) is 0 Å². The van der Waals surface area contributed by atoms with Gasteiger partial charge in [0.2, 0.25) is 0 Å². The minimum absolute atomic E-state index is 0.0667. The number of nitrogens with one attached hydrogen (secondary N) is 2. The second-order valence-corrected chi connectivity index (χ2v) is 4.34. The Morgan fingerprint density at radius 3 is 2.90 bits per heavy atom. The Morgan fingerprint density at radius 1 is 1.30 bits per heavy atom. The second-order valence-electron chi connectivity index (χ2n) is 3.91. The maximum atomic E-state index is 11.7. The summed E-state index contributed by atoms with van der Waals surface area (Å²) in [6.07, 6.45) is 1.47. The summed E-state index contributed by atoms with van der Waals surface area (Å²) < 4.78 is 0. The van der Waals surface area contributed by atoms with Crippen molar-refractivity contribution < 1.29 is 4.79 Å². The Kier molecular flexibility index (Phi) is 4.59. The lowest BCUT2D eigenvalue weighted by Gasteiger charge is -1.99. The summed E-state index contributed by atoms with van der Waals surface area (Å²) in [6.45, 7) is 0.152. The van der Waals surface area contributed by atoms with Crippen molar-refractivity contribution >= 4 is 17.5 Å². The van der Waals surface area contributed by atoms with Crippen LogP contribution in [0.25, 0.3) is 0 Å². The Hall–Kier alpha value is -2.51. The van der Waals surface area contributed by atoms with Crippen LogP contribution in [0, 0.1) is 11.8 Å². The number of aromatic amines is 1. The average molecular weight is 287 g/mol. The third kappa shape index (κ3) is 3.74. The molecule has 1 aromatic carbocycles. The molecule has 0 spiro atoms. The molecule has 0 aliphatic rings. The van der Waals surface area contributed by atoms with Crippen LogP contribution < -0.4 is 10.9 Å². The number of pyridine rings is 1. The maximum absolute atomic E-state index is 11.7. The molecular weight excluding hydrogens is 276 g/mol. The molecule has 0 bridgehead atoms. The van der Waals surface area contributed by atoms with Crippen LogP contribution in [0.15, 0.2) is 47.4 Å². The molecule has 2 N–H and O–H groups in total. The average Bonchev–Trinajstić information content (AvgIpc) is 2.44. The number of H-pyrrole nitrogens is 1. The predicted molar refractivity (Wildman–Crippen MR) is 77.7 cm³/mol. The van der Waals surface area contributed by atoms with E-state index in [1.807, 2.05) is 6.07 Å². The first-order valence-corrected chi connectivity index (χ1v) is 6.25. The van der Waals surface area contributed by atoms with Gasteiger partial charge in [-0.2, -0.15) is 0 Å². The summed E-state index contributed by atoms with van der Waals surface area (Å²) >= 11 is 5.83. The van der Waals surface area contributed by atoms with Gasteiger partial charge >= 0.3 is 0 Å². The zero-order chi connectivity index (χ0) is 14.4. The summed E-state index contributed by atoms with van der Waals surface area (Å²) in [7, 11) is 0. The molecule has 1 amide bonds. The molecule has 5 heteroatoms. The lowest BCUT2D eigenvalue weighted by molar-refractivity contribution is 0.0957. The number of carbonyl (C=O) groups is 1. The number of amides is 1. The van der Waals surface area contributed by atoms with E-state index >= 15 is 0 Å². The molecular formula is C15H11ClN2O2. The van der Waals surface area contributed by atoms with Crippen molar-refractivity contribution in [1.29, 1.82) is 0 Å². The van der Waals surface area contributed by atoms with Crippen LogP contribution in [-0.2, 0) is 0 Å². The third-order valence-electron chi connectivity index (χ3n) is 2.46. The quantitative estimate of drug-likeness (QED) is 0.827. The van der Waals surface area contributed by atoms with Crippen LogP contribution in [0.5, 0.6) is 0 Å². The van der Waals surface area contributed by atoms with Gasteiger partial charge in [0, 0.05) is 16.8 Å². The molecule has 0 saturated heterocycles. The molecule has 100 valence electrons. The van der Waals surface area contributed by atoms with Crippen LogP contribution in [0.4, 0.5) is 0 Å². The Morgan fingerprint density at radius 2 is 2.15 bits per heavy atom. The Labute approximate surface area is 120 Å². The van der Waals surface area contributed by atoms with Crippen LogP contribution in [0.2, 0.25) is 5.02 Å². The van der Waals surface area contributed by atoms with Crippen LogP contribution in [0.1, 0.15) is 15.9 Å². The largest absolute Gasteiger partial charge is 0.341 e. The number of aromatic nitrogens is 1. The van der Waals surface area contributed by atoms with Gasteiger partial charge in [0.05, 0.1) is 6.54 Å². The van der Waals surface area contributed by atoms with Gasteiger partial charge in [0.15, 0.2) is 0 Å². The normalized spacial score (nSPS) is 9.45. The van der Waals surface area contributed by atoms with E-state index in [9.17, 15) is 9.59 Å². The number of hydrogen-bond donors (Lipinski definition) is 2. The molecule has 0 aliphatic carbocycles. The van der Waals surface area contributed by atoms with E-state index in [2.05, 4.69) is 22.1 Å². The van der Waals surface area contributed by atoms with Crippen molar-refractivity contribution in [3.05, 3.63) is 69.1 Å². The zero-order valence-corrected chi connectivity index (χ0v) is 11.2.